The smallest absolute Gasteiger partial charge is 0.356 e. The number of benzene rings is 1. The number of aromatic carboxylic acids is 1. The van der Waals surface area contributed by atoms with Gasteiger partial charge >= 0.3 is 12.0 Å². The molecule has 1 aliphatic rings. The van der Waals surface area contributed by atoms with Crippen molar-refractivity contribution in [2.75, 3.05) is 13.1 Å². The minimum absolute atomic E-state index is 0.0119. The summed E-state index contributed by atoms with van der Waals surface area (Å²) in [6.45, 7) is 3.19. The van der Waals surface area contributed by atoms with Crippen LogP contribution in [0.15, 0.2) is 30.3 Å². The van der Waals surface area contributed by atoms with Gasteiger partial charge in [-0.05, 0) is 19.1 Å². The maximum atomic E-state index is 12.0. The van der Waals surface area contributed by atoms with Crippen molar-refractivity contribution in [3.05, 3.63) is 47.3 Å². The Hall–Kier alpha value is -2.83. The first-order valence-electron chi connectivity index (χ1n) is 7.54. The Labute approximate surface area is 133 Å². The minimum Gasteiger partial charge on any atom is -0.476 e. The molecule has 0 aliphatic carbocycles. The quantitative estimate of drug-likeness (QED) is 0.902. The Bertz CT molecular complexity index is 739. The van der Waals surface area contributed by atoms with E-state index >= 15 is 0 Å². The number of para-hydroxylation sites is 1. The highest BCUT2D eigenvalue weighted by Crippen LogP contribution is 2.25. The van der Waals surface area contributed by atoms with Gasteiger partial charge < -0.3 is 15.3 Å². The lowest BCUT2D eigenvalue weighted by Crippen LogP contribution is -2.43. The van der Waals surface area contributed by atoms with Gasteiger partial charge in [0.15, 0.2) is 5.69 Å². The fourth-order valence-corrected chi connectivity index (χ4v) is 2.81. The van der Waals surface area contributed by atoms with E-state index in [0.29, 0.717) is 25.1 Å². The summed E-state index contributed by atoms with van der Waals surface area (Å²) < 4.78 is 1.67. The fourth-order valence-electron chi connectivity index (χ4n) is 2.81. The first-order chi connectivity index (χ1) is 11.1. The van der Waals surface area contributed by atoms with E-state index in [9.17, 15) is 14.7 Å². The molecule has 2 heterocycles. The van der Waals surface area contributed by atoms with Crippen LogP contribution in [0.2, 0.25) is 0 Å². The molecule has 0 spiro atoms. The molecule has 23 heavy (non-hydrogen) atoms. The predicted octanol–water partition coefficient (Wildman–Crippen LogP) is 1.66. The van der Waals surface area contributed by atoms with Gasteiger partial charge in [-0.1, -0.05) is 18.2 Å². The Morgan fingerprint density at radius 1 is 1.30 bits per heavy atom. The molecule has 0 radical (unpaired) electrons. The number of aromatic nitrogens is 2. The van der Waals surface area contributed by atoms with E-state index in [1.807, 2.05) is 37.3 Å². The Morgan fingerprint density at radius 3 is 2.70 bits per heavy atom. The molecule has 1 aromatic carbocycles. The van der Waals surface area contributed by atoms with Crippen LogP contribution < -0.4 is 5.32 Å². The molecular formula is C16H18N4O3. The summed E-state index contributed by atoms with van der Waals surface area (Å²) >= 11 is 0. The second-order valence-corrected chi connectivity index (χ2v) is 5.33. The maximum Gasteiger partial charge on any atom is 0.356 e. The van der Waals surface area contributed by atoms with Gasteiger partial charge in [0.1, 0.15) is 0 Å². The van der Waals surface area contributed by atoms with Crippen molar-refractivity contribution < 1.29 is 14.7 Å². The summed E-state index contributed by atoms with van der Waals surface area (Å²) in [4.78, 5) is 25.2. The van der Waals surface area contributed by atoms with Crippen LogP contribution in [0, 0.1) is 0 Å². The van der Waals surface area contributed by atoms with E-state index in [-0.39, 0.29) is 18.3 Å². The van der Waals surface area contributed by atoms with Gasteiger partial charge in [0.25, 0.3) is 0 Å². The monoisotopic (exact) mass is 314 g/mol. The lowest BCUT2D eigenvalue weighted by atomic mass is 10.1. The van der Waals surface area contributed by atoms with Crippen molar-refractivity contribution >= 4 is 12.0 Å². The first kappa shape index (κ1) is 15.1. The summed E-state index contributed by atoms with van der Waals surface area (Å²) in [7, 11) is 0. The number of hydrogen-bond donors (Lipinski definition) is 2. The zero-order valence-electron chi connectivity index (χ0n) is 12.8. The molecule has 1 aliphatic heterocycles. The Kier molecular flexibility index (Phi) is 4.01. The van der Waals surface area contributed by atoms with Gasteiger partial charge in [-0.2, -0.15) is 5.10 Å². The summed E-state index contributed by atoms with van der Waals surface area (Å²) in [5.74, 6) is -1.08. The third-order valence-electron chi connectivity index (χ3n) is 3.88. The van der Waals surface area contributed by atoms with Crippen LogP contribution >= 0.6 is 0 Å². The lowest BCUT2D eigenvalue weighted by Gasteiger charge is -2.27. The number of carboxylic acids is 1. The molecule has 0 saturated carbocycles. The molecule has 0 atom stereocenters. The molecule has 7 nitrogen and oxygen atoms in total. The van der Waals surface area contributed by atoms with Crippen LogP contribution in [0.4, 0.5) is 4.79 Å². The van der Waals surface area contributed by atoms with Crippen LogP contribution in [-0.4, -0.2) is 44.9 Å². The molecule has 2 aromatic rings. The molecule has 0 fully saturated rings. The van der Waals surface area contributed by atoms with Crippen LogP contribution in [0.3, 0.4) is 0 Å². The van der Waals surface area contributed by atoms with Gasteiger partial charge in [-0.3, -0.25) is 0 Å². The number of nitrogens with one attached hydrogen (secondary N) is 1. The Morgan fingerprint density at radius 2 is 2.04 bits per heavy atom. The van der Waals surface area contributed by atoms with Crippen LogP contribution in [0.25, 0.3) is 5.69 Å². The third kappa shape index (κ3) is 2.77. The SMILES string of the molecule is CCNC(=O)N1CCc2c(c(C(=O)O)nn2-c2ccccc2)C1. The average molecular weight is 314 g/mol. The molecule has 0 unspecified atom stereocenters. The summed E-state index contributed by atoms with van der Waals surface area (Å²) in [6, 6.07) is 9.25. The second kappa shape index (κ2) is 6.12. The first-order valence-corrected chi connectivity index (χ1v) is 7.54. The molecular weight excluding hydrogens is 296 g/mol. The molecule has 3 rings (SSSR count). The van der Waals surface area contributed by atoms with Crippen molar-refractivity contribution in [3.8, 4) is 5.69 Å². The van der Waals surface area contributed by atoms with Crippen LogP contribution in [-0.2, 0) is 13.0 Å². The zero-order chi connectivity index (χ0) is 16.4. The van der Waals surface area contributed by atoms with Crippen LogP contribution in [0.1, 0.15) is 28.7 Å². The molecule has 2 amide bonds. The number of urea groups is 1. The fraction of sp³-hybridized carbons (Fsp3) is 0.312. The van der Waals surface area contributed by atoms with E-state index in [2.05, 4.69) is 10.4 Å². The highest BCUT2D eigenvalue weighted by Gasteiger charge is 2.30. The van der Waals surface area contributed by atoms with Gasteiger partial charge in [-0.15, -0.1) is 0 Å². The van der Waals surface area contributed by atoms with Crippen molar-refractivity contribution in [3.63, 3.8) is 0 Å². The van der Waals surface area contributed by atoms with Crippen molar-refractivity contribution in [2.24, 2.45) is 0 Å². The normalized spacial score (nSPS) is 13.5. The standard InChI is InChI=1S/C16H18N4O3/c1-2-17-16(23)19-9-8-13-12(10-19)14(15(21)22)18-20(13)11-6-4-3-5-7-11/h3-7H,2,8-10H2,1H3,(H,17,23)(H,21,22). The third-order valence-corrected chi connectivity index (χ3v) is 3.88. The summed E-state index contributed by atoms with van der Waals surface area (Å²) in [5.41, 5.74) is 2.30. The molecule has 1 aromatic heterocycles. The summed E-state index contributed by atoms with van der Waals surface area (Å²) in [6.07, 6.45) is 0.571. The van der Waals surface area contributed by atoms with Crippen LogP contribution in [0.5, 0.6) is 0 Å². The van der Waals surface area contributed by atoms with Crippen molar-refractivity contribution in [2.45, 2.75) is 19.9 Å². The van der Waals surface area contributed by atoms with E-state index in [0.717, 1.165) is 11.4 Å². The van der Waals surface area contributed by atoms with E-state index in [4.69, 9.17) is 0 Å². The molecule has 120 valence electrons. The minimum atomic E-state index is -1.08. The van der Waals surface area contributed by atoms with E-state index in [1.165, 1.54) is 0 Å². The van der Waals surface area contributed by atoms with Crippen molar-refractivity contribution in [1.82, 2.24) is 20.0 Å². The second-order valence-electron chi connectivity index (χ2n) is 5.33. The average Bonchev–Trinajstić information content (AvgIpc) is 2.95. The molecule has 7 heteroatoms. The summed E-state index contributed by atoms with van der Waals surface area (Å²) in [5, 5.41) is 16.4. The van der Waals surface area contributed by atoms with E-state index in [1.54, 1.807) is 9.58 Å². The van der Waals surface area contributed by atoms with Gasteiger partial charge in [-0.25, -0.2) is 14.3 Å². The van der Waals surface area contributed by atoms with E-state index < -0.39 is 5.97 Å². The van der Waals surface area contributed by atoms with Gasteiger partial charge in [0.05, 0.1) is 17.9 Å². The highest BCUT2D eigenvalue weighted by molar-refractivity contribution is 5.88. The number of carbonyl (C=O) groups is 2. The number of hydrogen-bond acceptors (Lipinski definition) is 3. The molecule has 0 bridgehead atoms. The zero-order valence-corrected chi connectivity index (χ0v) is 12.8. The Balaban J connectivity index is 2.01. The lowest BCUT2D eigenvalue weighted by molar-refractivity contribution is 0.0687. The largest absolute Gasteiger partial charge is 0.476 e. The van der Waals surface area contributed by atoms with Gasteiger partial charge in [0, 0.05) is 25.1 Å². The number of rotatable bonds is 3. The predicted molar refractivity (Wildman–Crippen MR) is 83.7 cm³/mol. The number of amides is 2. The number of carboxylic acid groups (broad SMARTS) is 1. The highest BCUT2D eigenvalue weighted by atomic mass is 16.4. The molecule has 2 N–H and O–H groups in total. The van der Waals surface area contributed by atoms with Crippen molar-refractivity contribution in [1.29, 1.82) is 0 Å². The number of carbonyl (C=O) groups excluding carboxylic acids is 1. The topological polar surface area (TPSA) is 87.5 Å². The maximum absolute atomic E-state index is 12.0. The number of nitrogens with zero attached hydrogens (tertiary/aromatic N) is 3. The number of fused-ring (bicyclic) bond motifs is 1. The van der Waals surface area contributed by atoms with Gasteiger partial charge in [0.2, 0.25) is 0 Å². The molecule has 0 saturated heterocycles.